The van der Waals surface area contributed by atoms with Crippen molar-refractivity contribution in [1.29, 1.82) is 0 Å². The quantitative estimate of drug-likeness (QED) is 0.823. The summed E-state index contributed by atoms with van der Waals surface area (Å²) in [6.07, 6.45) is 3.40. The van der Waals surface area contributed by atoms with E-state index in [1.807, 2.05) is 0 Å². The molecule has 1 unspecified atom stereocenters. The molecular weight excluding hydrogens is 248 g/mol. The molecule has 1 N–H and O–H groups in total. The number of rotatable bonds is 7. The summed E-state index contributed by atoms with van der Waals surface area (Å²) in [5.41, 5.74) is 1.41. The van der Waals surface area contributed by atoms with Crippen LogP contribution in [0.5, 0.6) is 0 Å². The minimum absolute atomic E-state index is 0.442. The largest absolute Gasteiger partial charge is 0.349 e. The Hall–Kier alpha value is -0.840. The highest BCUT2D eigenvalue weighted by Crippen LogP contribution is 2.13. The molecule has 0 aromatic carbocycles. The van der Waals surface area contributed by atoms with Gasteiger partial charge < -0.3 is 14.8 Å². The van der Waals surface area contributed by atoms with E-state index in [1.54, 1.807) is 0 Å². The predicted octanol–water partition coefficient (Wildman–Crippen LogP) is 1.80. The maximum atomic E-state index is 3.58. The first-order chi connectivity index (χ1) is 9.70. The molecule has 1 saturated heterocycles. The summed E-state index contributed by atoms with van der Waals surface area (Å²) in [6, 6.07) is 4.86. The summed E-state index contributed by atoms with van der Waals surface area (Å²) in [5, 5.41) is 3.58. The second kappa shape index (κ2) is 7.81. The van der Waals surface area contributed by atoms with Crippen LogP contribution < -0.4 is 5.32 Å². The van der Waals surface area contributed by atoms with Crippen LogP contribution in [0.1, 0.15) is 32.0 Å². The van der Waals surface area contributed by atoms with Crippen molar-refractivity contribution in [2.24, 2.45) is 0 Å². The van der Waals surface area contributed by atoms with Crippen LogP contribution in [0, 0.1) is 0 Å². The second-order valence-electron chi connectivity index (χ2n) is 5.95. The van der Waals surface area contributed by atoms with Gasteiger partial charge in [-0.15, -0.1) is 0 Å². The lowest BCUT2D eigenvalue weighted by Crippen LogP contribution is -2.45. The van der Waals surface area contributed by atoms with Crippen LogP contribution in [0.25, 0.3) is 0 Å². The van der Waals surface area contributed by atoms with E-state index < -0.39 is 0 Å². The molecule has 0 amide bonds. The van der Waals surface area contributed by atoms with E-state index in [4.69, 9.17) is 0 Å². The number of hydrogen-bond donors (Lipinski definition) is 1. The van der Waals surface area contributed by atoms with Crippen molar-refractivity contribution in [3.8, 4) is 0 Å². The maximum absolute atomic E-state index is 3.58. The van der Waals surface area contributed by atoms with Gasteiger partial charge in [0.25, 0.3) is 0 Å². The van der Waals surface area contributed by atoms with Crippen LogP contribution in [-0.2, 0) is 6.54 Å². The molecule has 0 radical (unpaired) electrons. The van der Waals surface area contributed by atoms with Crippen LogP contribution >= 0.6 is 0 Å². The minimum Gasteiger partial charge on any atom is -0.349 e. The van der Waals surface area contributed by atoms with E-state index in [9.17, 15) is 0 Å². The summed E-state index contributed by atoms with van der Waals surface area (Å²) in [4.78, 5) is 4.99. The minimum atomic E-state index is 0.442. The standard InChI is InChI=1S/C16H30N4/c1-4-7-17-15(2)16-6-5-8-20(16)14-13-19-11-9-18(3)10-12-19/h5-6,8,15,17H,4,7,9-14H2,1-3H3. The van der Waals surface area contributed by atoms with E-state index in [0.717, 1.165) is 19.6 Å². The molecule has 2 heterocycles. The SMILES string of the molecule is CCCNC(C)c1cccn1CCN1CCN(C)CC1. The summed E-state index contributed by atoms with van der Waals surface area (Å²) in [6.45, 7) is 12.6. The first-order valence-electron chi connectivity index (χ1n) is 8.00. The van der Waals surface area contributed by atoms with Gasteiger partial charge in [-0.2, -0.15) is 0 Å². The van der Waals surface area contributed by atoms with E-state index in [0.29, 0.717) is 6.04 Å². The van der Waals surface area contributed by atoms with Crippen molar-refractivity contribution in [2.75, 3.05) is 46.3 Å². The number of hydrogen-bond acceptors (Lipinski definition) is 3. The molecule has 0 aliphatic carbocycles. The van der Waals surface area contributed by atoms with Crippen molar-refractivity contribution in [3.63, 3.8) is 0 Å². The van der Waals surface area contributed by atoms with E-state index in [-0.39, 0.29) is 0 Å². The molecule has 4 heteroatoms. The molecule has 1 fully saturated rings. The summed E-state index contributed by atoms with van der Waals surface area (Å²) in [5.74, 6) is 0. The van der Waals surface area contributed by atoms with E-state index >= 15 is 0 Å². The highest BCUT2D eigenvalue weighted by molar-refractivity contribution is 5.11. The normalized spacial score (nSPS) is 19.4. The van der Waals surface area contributed by atoms with E-state index in [2.05, 4.69) is 58.9 Å². The van der Waals surface area contributed by atoms with Gasteiger partial charge in [-0.1, -0.05) is 6.92 Å². The van der Waals surface area contributed by atoms with Gasteiger partial charge in [-0.3, -0.25) is 4.90 Å². The fourth-order valence-electron chi connectivity index (χ4n) is 2.81. The lowest BCUT2D eigenvalue weighted by molar-refractivity contribution is 0.149. The Kier molecular flexibility index (Phi) is 6.07. The van der Waals surface area contributed by atoms with Gasteiger partial charge in [0.15, 0.2) is 0 Å². The summed E-state index contributed by atoms with van der Waals surface area (Å²) in [7, 11) is 2.21. The molecule has 1 aliphatic heterocycles. The smallest absolute Gasteiger partial charge is 0.0446 e. The zero-order chi connectivity index (χ0) is 14.4. The lowest BCUT2D eigenvalue weighted by Gasteiger charge is -2.32. The van der Waals surface area contributed by atoms with Gasteiger partial charge in [-0.05, 0) is 39.1 Å². The highest BCUT2D eigenvalue weighted by Gasteiger charge is 2.14. The zero-order valence-electron chi connectivity index (χ0n) is 13.3. The van der Waals surface area contributed by atoms with Crippen molar-refractivity contribution >= 4 is 0 Å². The molecule has 20 heavy (non-hydrogen) atoms. The number of likely N-dealkylation sites (N-methyl/N-ethyl adjacent to an activating group) is 1. The monoisotopic (exact) mass is 278 g/mol. The molecule has 1 aromatic heterocycles. The Labute approximate surface area is 123 Å². The molecule has 114 valence electrons. The Bertz CT molecular complexity index is 380. The molecule has 1 atom stereocenters. The van der Waals surface area contributed by atoms with Crippen molar-refractivity contribution in [1.82, 2.24) is 19.7 Å². The van der Waals surface area contributed by atoms with Crippen LogP contribution in [-0.4, -0.2) is 60.7 Å². The molecule has 4 nitrogen and oxygen atoms in total. The third-order valence-corrected chi connectivity index (χ3v) is 4.26. The fraction of sp³-hybridized carbons (Fsp3) is 0.750. The molecule has 2 rings (SSSR count). The third-order valence-electron chi connectivity index (χ3n) is 4.26. The number of nitrogens with zero attached hydrogens (tertiary/aromatic N) is 3. The Morgan fingerprint density at radius 1 is 1.20 bits per heavy atom. The zero-order valence-corrected chi connectivity index (χ0v) is 13.3. The molecule has 0 spiro atoms. The fourth-order valence-corrected chi connectivity index (χ4v) is 2.81. The number of nitrogens with one attached hydrogen (secondary N) is 1. The van der Waals surface area contributed by atoms with Gasteiger partial charge in [0.2, 0.25) is 0 Å². The van der Waals surface area contributed by atoms with Gasteiger partial charge in [0.05, 0.1) is 0 Å². The van der Waals surface area contributed by atoms with E-state index in [1.165, 1.54) is 38.3 Å². The molecular formula is C16H30N4. The highest BCUT2D eigenvalue weighted by atomic mass is 15.3. The number of piperazine rings is 1. The molecule has 1 aliphatic rings. The Morgan fingerprint density at radius 3 is 2.65 bits per heavy atom. The molecule has 0 bridgehead atoms. The lowest BCUT2D eigenvalue weighted by atomic mass is 10.2. The van der Waals surface area contributed by atoms with Gasteiger partial charge in [-0.25, -0.2) is 0 Å². The maximum Gasteiger partial charge on any atom is 0.0446 e. The number of aromatic nitrogens is 1. The average Bonchev–Trinajstić information content (AvgIpc) is 2.92. The van der Waals surface area contributed by atoms with Gasteiger partial charge in [0.1, 0.15) is 0 Å². The predicted molar refractivity (Wildman–Crippen MR) is 85.1 cm³/mol. The van der Waals surface area contributed by atoms with Crippen LogP contribution in [0.2, 0.25) is 0 Å². The van der Waals surface area contributed by atoms with Crippen LogP contribution in [0.4, 0.5) is 0 Å². The first-order valence-corrected chi connectivity index (χ1v) is 8.00. The van der Waals surface area contributed by atoms with Crippen molar-refractivity contribution in [3.05, 3.63) is 24.0 Å². The average molecular weight is 278 g/mol. The Morgan fingerprint density at radius 2 is 1.95 bits per heavy atom. The molecule has 0 saturated carbocycles. The van der Waals surface area contributed by atoms with Crippen LogP contribution in [0.3, 0.4) is 0 Å². The van der Waals surface area contributed by atoms with Crippen molar-refractivity contribution < 1.29 is 0 Å². The van der Waals surface area contributed by atoms with Crippen molar-refractivity contribution in [2.45, 2.75) is 32.9 Å². The third kappa shape index (κ3) is 4.33. The Balaban J connectivity index is 1.82. The summed E-state index contributed by atoms with van der Waals surface area (Å²) >= 11 is 0. The molecule has 1 aromatic rings. The first kappa shape index (κ1) is 15.5. The van der Waals surface area contributed by atoms with Crippen LogP contribution in [0.15, 0.2) is 18.3 Å². The second-order valence-corrected chi connectivity index (χ2v) is 5.95. The van der Waals surface area contributed by atoms with Gasteiger partial charge in [0, 0.05) is 57.2 Å². The summed E-state index contributed by atoms with van der Waals surface area (Å²) < 4.78 is 2.41. The topological polar surface area (TPSA) is 23.4 Å². The van der Waals surface area contributed by atoms with Gasteiger partial charge >= 0.3 is 0 Å².